The molecule has 0 bridgehead atoms. The number of carbonyl (C=O) groups is 1. The smallest absolute Gasteiger partial charge is 0.341 e. The van der Waals surface area contributed by atoms with Gasteiger partial charge in [0.05, 0.1) is 7.11 Å². The SMILES string of the molecule is COC(=O)c1cccnc1NC(CN)C(C)C. The monoisotopic (exact) mass is 237 g/mol. The van der Waals surface area contributed by atoms with Crippen LogP contribution >= 0.6 is 0 Å². The van der Waals surface area contributed by atoms with E-state index in [1.807, 2.05) is 0 Å². The van der Waals surface area contributed by atoms with Crippen molar-refractivity contribution < 1.29 is 9.53 Å². The fourth-order valence-electron chi connectivity index (χ4n) is 1.47. The van der Waals surface area contributed by atoms with E-state index in [2.05, 4.69) is 24.1 Å². The summed E-state index contributed by atoms with van der Waals surface area (Å²) in [4.78, 5) is 15.7. The van der Waals surface area contributed by atoms with Crippen molar-refractivity contribution in [3.63, 3.8) is 0 Å². The van der Waals surface area contributed by atoms with Crippen molar-refractivity contribution in [3.8, 4) is 0 Å². The molecule has 0 fully saturated rings. The highest BCUT2D eigenvalue weighted by atomic mass is 16.5. The van der Waals surface area contributed by atoms with Crippen molar-refractivity contribution in [2.24, 2.45) is 11.7 Å². The highest BCUT2D eigenvalue weighted by molar-refractivity contribution is 5.94. The van der Waals surface area contributed by atoms with Crippen LogP contribution in [0.15, 0.2) is 18.3 Å². The minimum atomic E-state index is -0.403. The lowest BCUT2D eigenvalue weighted by Crippen LogP contribution is -2.34. The summed E-state index contributed by atoms with van der Waals surface area (Å²) < 4.78 is 4.70. The van der Waals surface area contributed by atoms with Crippen molar-refractivity contribution in [2.45, 2.75) is 19.9 Å². The number of carbonyl (C=O) groups excluding carboxylic acids is 1. The summed E-state index contributed by atoms with van der Waals surface area (Å²) in [5.74, 6) is 0.469. The van der Waals surface area contributed by atoms with Crippen molar-refractivity contribution in [1.82, 2.24) is 4.98 Å². The molecular weight excluding hydrogens is 218 g/mol. The maximum absolute atomic E-state index is 11.5. The summed E-state index contributed by atoms with van der Waals surface area (Å²) in [6, 6.07) is 3.45. The summed E-state index contributed by atoms with van der Waals surface area (Å²) >= 11 is 0. The molecule has 1 aromatic heterocycles. The van der Waals surface area contributed by atoms with E-state index >= 15 is 0 Å². The first-order chi connectivity index (χ1) is 8.10. The molecule has 1 atom stereocenters. The topological polar surface area (TPSA) is 77.2 Å². The molecule has 1 heterocycles. The van der Waals surface area contributed by atoms with Crippen LogP contribution < -0.4 is 11.1 Å². The average molecular weight is 237 g/mol. The van der Waals surface area contributed by atoms with Crippen LogP contribution in [0.25, 0.3) is 0 Å². The number of esters is 1. The standard InChI is InChI=1S/C12H19N3O2/c1-8(2)10(7-13)15-11-9(12(16)17-3)5-4-6-14-11/h4-6,8,10H,7,13H2,1-3H3,(H,14,15). The number of pyridine rings is 1. The molecule has 0 aromatic carbocycles. The molecule has 1 aromatic rings. The van der Waals surface area contributed by atoms with Gasteiger partial charge in [-0.15, -0.1) is 0 Å². The predicted octanol–water partition coefficient (Wildman–Crippen LogP) is 1.26. The highest BCUT2D eigenvalue weighted by Crippen LogP contribution is 2.15. The zero-order chi connectivity index (χ0) is 12.8. The maximum atomic E-state index is 11.5. The lowest BCUT2D eigenvalue weighted by Gasteiger charge is -2.22. The van der Waals surface area contributed by atoms with Crippen LogP contribution in [-0.4, -0.2) is 30.6 Å². The third-order valence-corrected chi connectivity index (χ3v) is 2.59. The lowest BCUT2D eigenvalue weighted by atomic mass is 10.0. The molecular formula is C12H19N3O2. The molecule has 5 heteroatoms. The normalized spacial score (nSPS) is 12.3. The Kier molecular flexibility index (Phi) is 4.90. The molecule has 0 spiro atoms. The van der Waals surface area contributed by atoms with Gasteiger partial charge in [0.15, 0.2) is 0 Å². The first-order valence-corrected chi connectivity index (χ1v) is 5.60. The van der Waals surface area contributed by atoms with Gasteiger partial charge in [-0.25, -0.2) is 9.78 Å². The number of hydrogen-bond donors (Lipinski definition) is 2. The van der Waals surface area contributed by atoms with Crippen molar-refractivity contribution in [2.75, 3.05) is 19.0 Å². The van der Waals surface area contributed by atoms with Gasteiger partial charge in [-0.05, 0) is 18.1 Å². The Morgan fingerprint density at radius 1 is 1.59 bits per heavy atom. The van der Waals surface area contributed by atoms with E-state index in [0.717, 1.165) is 0 Å². The van der Waals surface area contributed by atoms with Crippen LogP contribution in [0.1, 0.15) is 24.2 Å². The van der Waals surface area contributed by atoms with Gasteiger partial charge in [0, 0.05) is 18.8 Å². The number of aromatic nitrogens is 1. The zero-order valence-electron chi connectivity index (χ0n) is 10.4. The molecule has 1 unspecified atom stereocenters. The van der Waals surface area contributed by atoms with E-state index in [1.54, 1.807) is 18.3 Å². The first-order valence-electron chi connectivity index (χ1n) is 5.60. The third-order valence-electron chi connectivity index (χ3n) is 2.59. The van der Waals surface area contributed by atoms with Crippen molar-refractivity contribution in [3.05, 3.63) is 23.9 Å². The third kappa shape index (κ3) is 3.42. The van der Waals surface area contributed by atoms with Crippen LogP contribution in [0.3, 0.4) is 0 Å². The largest absolute Gasteiger partial charge is 0.465 e. The van der Waals surface area contributed by atoms with Crippen molar-refractivity contribution >= 4 is 11.8 Å². The van der Waals surface area contributed by atoms with E-state index in [4.69, 9.17) is 10.5 Å². The fourth-order valence-corrected chi connectivity index (χ4v) is 1.47. The van der Waals surface area contributed by atoms with Crippen LogP contribution in [0.2, 0.25) is 0 Å². The Bertz CT molecular complexity index is 380. The van der Waals surface area contributed by atoms with E-state index < -0.39 is 5.97 Å². The highest BCUT2D eigenvalue weighted by Gasteiger charge is 2.17. The second-order valence-corrected chi connectivity index (χ2v) is 4.12. The van der Waals surface area contributed by atoms with E-state index in [-0.39, 0.29) is 6.04 Å². The van der Waals surface area contributed by atoms with Crippen LogP contribution in [0.4, 0.5) is 5.82 Å². The Morgan fingerprint density at radius 3 is 2.82 bits per heavy atom. The Labute approximate surface area is 101 Å². The number of nitrogens with two attached hydrogens (primary N) is 1. The lowest BCUT2D eigenvalue weighted by molar-refractivity contribution is 0.0601. The minimum absolute atomic E-state index is 0.0771. The van der Waals surface area contributed by atoms with Gasteiger partial charge in [-0.1, -0.05) is 13.8 Å². The molecule has 5 nitrogen and oxygen atoms in total. The second kappa shape index (κ2) is 6.20. The van der Waals surface area contributed by atoms with Gasteiger partial charge in [-0.2, -0.15) is 0 Å². The van der Waals surface area contributed by atoms with Gasteiger partial charge in [0.25, 0.3) is 0 Å². The number of ether oxygens (including phenoxy) is 1. The van der Waals surface area contributed by atoms with Gasteiger partial charge >= 0.3 is 5.97 Å². The Balaban J connectivity index is 2.93. The van der Waals surface area contributed by atoms with Gasteiger partial charge in [-0.3, -0.25) is 0 Å². The molecule has 0 saturated carbocycles. The molecule has 0 aliphatic rings. The molecule has 94 valence electrons. The summed E-state index contributed by atoms with van der Waals surface area (Å²) in [6.07, 6.45) is 1.63. The minimum Gasteiger partial charge on any atom is -0.465 e. The van der Waals surface area contributed by atoms with Gasteiger partial charge in [0.1, 0.15) is 11.4 Å². The molecule has 0 saturated heterocycles. The maximum Gasteiger partial charge on any atom is 0.341 e. The summed E-state index contributed by atoms with van der Waals surface area (Å²) in [5, 5.41) is 3.18. The van der Waals surface area contributed by atoms with E-state index in [1.165, 1.54) is 7.11 Å². The average Bonchev–Trinajstić information content (AvgIpc) is 2.35. The molecule has 0 amide bonds. The molecule has 1 rings (SSSR count). The number of methoxy groups -OCH3 is 1. The molecule has 17 heavy (non-hydrogen) atoms. The summed E-state index contributed by atoms with van der Waals surface area (Å²) in [6.45, 7) is 4.60. The number of hydrogen-bond acceptors (Lipinski definition) is 5. The van der Waals surface area contributed by atoms with Crippen LogP contribution in [-0.2, 0) is 4.74 Å². The van der Waals surface area contributed by atoms with E-state index in [0.29, 0.717) is 23.8 Å². The number of nitrogens with one attached hydrogen (secondary N) is 1. The summed E-state index contributed by atoms with van der Waals surface area (Å²) in [5.41, 5.74) is 6.10. The fraction of sp³-hybridized carbons (Fsp3) is 0.500. The molecule has 0 radical (unpaired) electrons. The predicted molar refractivity (Wildman–Crippen MR) is 66.9 cm³/mol. The number of anilines is 1. The second-order valence-electron chi connectivity index (χ2n) is 4.12. The first kappa shape index (κ1) is 13.4. The Hall–Kier alpha value is -1.62. The van der Waals surface area contributed by atoms with Crippen molar-refractivity contribution in [1.29, 1.82) is 0 Å². The van der Waals surface area contributed by atoms with Gasteiger partial charge in [0.2, 0.25) is 0 Å². The Morgan fingerprint density at radius 2 is 2.29 bits per heavy atom. The number of nitrogens with zero attached hydrogens (tertiary/aromatic N) is 1. The van der Waals surface area contributed by atoms with Crippen LogP contribution in [0, 0.1) is 5.92 Å². The molecule has 0 aliphatic heterocycles. The van der Waals surface area contributed by atoms with E-state index in [9.17, 15) is 4.79 Å². The number of rotatable bonds is 5. The zero-order valence-corrected chi connectivity index (χ0v) is 10.4. The molecule has 3 N–H and O–H groups in total. The summed E-state index contributed by atoms with van der Waals surface area (Å²) in [7, 11) is 1.35. The van der Waals surface area contributed by atoms with Crippen LogP contribution in [0.5, 0.6) is 0 Å². The quantitative estimate of drug-likeness (QED) is 0.754. The van der Waals surface area contributed by atoms with Gasteiger partial charge < -0.3 is 15.8 Å². The molecule has 0 aliphatic carbocycles.